The lowest BCUT2D eigenvalue weighted by Crippen LogP contribution is -2.46. The zero-order chi connectivity index (χ0) is 13.5. The van der Waals surface area contributed by atoms with Gasteiger partial charge in [0, 0.05) is 31.9 Å². The Labute approximate surface area is 106 Å². The number of nitrogens with one attached hydrogen (secondary N) is 1. The van der Waals surface area contributed by atoms with Gasteiger partial charge in [-0.15, -0.1) is 0 Å². The van der Waals surface area contributed by atoms with Gasteiger partial charge in [0.15, 0.2) is 7.00 Å². The lowest BCUT2D eigenvalue weighted by Gasteiger charge is -2.30. The molecule has 0 saturated carbocycles. The fourth-order valence-corrected chi connectivity index (χ4v) is 1.85. The zero-order valence-electron chi connectivity index (χ0n) is 10.7. The molecule has 1 aliphatic rings. The van der Waals surface area contributed by atoms with Crippen molar-refractivity contribution in [3.05, 3.63) is 0 Å². The Morgan fingerprint density at radius 1 is 1.47 bits per heavy atom. The molecule has 1 radical (unpaired) electrons. The number of hydrogen-bond acceptors (Lipinski definition) is 4. The van der Waals surface area contributed by atoms with E-state index >= 15 is 0 Å². The first-order valence-electron chi connectivity index (χ1n) is 6.14. The normalized spacial score (nSPS) is 26.3. The first kappa shape index (κ1) is 13.0. The number of carboxylic acids is 1. The molecule has 3 atom stereocenters. The van der Waals surface area contributed by atoms with E-state index < -0.39 is 5.97 Å². The van der Waals surface area contributed by atoms with Crippen LogP contribution in [0.15, 0.2) is 0 Å². The quantitative estimate of drug-likeness (QED) is 0.498. The molecule has 2 N–H and O–H groups in total. The van der Waals surface area contributed by atoms with Crippen LogP contribution in [-0.2, 0) is 14.3 Å². The number of carbonyl (C=O) groups is 2. The molecule has 0 aromatic heterocycles. The van der Waals surface area contributed by atoms with Crippen LogP contribution in [0.2, 0.25) is 1.41 Å². The lowest BCUT2D eigenvalue weighted by molar-refractivity contribution is -0.138. The summed E-state index contributed by atoms with van der Waals surface area (Å²) in [6.07, 6.45) is 0.688. The van der Waals surface area contributed by atoms with E-state index in [2.05, 4.69) is 9.12 Å². The molecule has 1 rings (SSSR count). The highest BCUT2D eigenvalue weighted by atomic mass is 31.0. The summed E-state index contributed by atoms with van der Waals surface area (Å²) in [5, 5.41) is 9.90. The van der Waals surface area contributed by atoms with Gasteiger partial charge in [-0.25, -0.2) is 0 Å². The third kappa shape index (κ3) is 6.15. The lowest BCUT2D eigenvalue weighted by atomic mass is 9.95. The molecule has 0 aromatic rings. The van der Waals surface area contributed by atoms with Gasteiger partial charge in [-0.3, -0.25) is 9.59 Å². The van der Waals surface area contributed by atoms with Crippen LogP contribution in [0.3, 0.4) is 0 Å². The molecule has 1 saturated heterocycles. The molecule has 0 aliphatic carbocycles. The van der Waals surface area contributed by atoms with Crippen LogP contribution in [0.5, 0.6) is 0 Å². The van der Waals surface area contributed by atoms with Crippen LogP contribution in [0, 0.1) is 0 Å². The predicted octanol–water partition coefficient (Wildman–Crippen LogP) is 0.00930. The average Bonchev–Trinajstić information content (AvgIpc) is 2.33. The number of morpholine rings is 1. The van der Waals surface area contributed by atoms with Gasteiger partial charge in [0.1, 0.15) is 7.20 Å². The van der Waals surface area contributed by atoms with Crippen molar-refractivity contribution in [3.63, 3.8) is 0 Å². The van der Waals surface area contributed by atoms with Crippen LogP contribution in [0.1, 0.15) is 25.7 Å². The van der Waals surface area contributed by atoms with E-state index in [-0.39, 0.29) is 30.7 Å². The Bertz CT molecular complexity index is 308. The third-order valence-corrected chi connectivity index (χ3v) is 3.02. The summed E-state index contributed by atoms with van der Waals surface area (Å²) in [4.78, 5) is 21.8. The van der Waals surface area contributed by atoms with Gasteiger partial charge in [0.05, 0.1) is 12.5 Å². The minimum absolute atomic E-state index is 0.0606. The van der Waals surface area contributed by atoms with Crippen molar-refractivity contribution in [2.45, 2.75) is 37.8 Å². The number of ether oxygens (including phenoxy) is 1. The number of aliphatic carboxylic acids is 1. The van der Waals surface area contributed by atoms with Crippen LogP contribution in [0.4, 0.5) is 0 Å². The Hall–Kier alpha value is -0.445. The van der Waals surface area contributed by atoms with Crippen LogP contribution in [0.25, 0.3) is 0 Å². The van der Waals surface area contributed by atoms with Crippen molar-refractivity contribution < 1.29 is 20.8 Å². The molecule has 3 unspecified atom stereocenters. The summed E-state index contributed by atoms with van der Waals surface area (Å²) >= 11 is 0. The predicted molar refractivity (Wildman–Crippen MR) is 68.1 cm³/mol. The van der Waals surface area contributed by atoms with Gasteiger partial charge in [0.2, 0.25) is 0 Å². The molecule has 1 heterocycles. The molecular formula is C10H18BNO4P. The maximum absolute atomic E-state index is 11.4. The topological polar surface area (TPSA) is 75.6 Å². The van der Waals surface area contributed by atoms with E-state index in [1.54, 1.807) is 0 Å². The Balaban J connectivity index is 2.25. The van der Waals surface area contributed by atoms with Crippen LogP contribution < -0.4 is 5.31 Å². The molecule has 95 valence electrons. The van der Waals surface area contributed by atoms with E-state index in [0.717, 1.165) is 0 Å². The number of carbonyl (C=O) groups excluding carboxylic acids is 1. The Morgan fingerprint density at radius 3 is 2.88 bits per heavy atom. The minimum atomic E-state index is -0.952. The van der Waals surface area contributed by atoms with Gasteiger partial charge >= 0.3 is 5.97 Å². The Kier molecular flexibility index (Phi) is 5.96. The van der Waals surface area contributed by atoms with E-state index in [0.29, 0.717) is 25.9 Å². The monoisotopic (exact) mass is 260 g/mol. The van der Waals surface area contributed by atoms with Crippen LogP contribution >= 0.6 is 9.12 Å². The standard InChI is InChI=1S/C10H18BNO4P/c13-7(2-4-10(14)15)1-3-8-5-12-6-9(11-17)16-8/h8-9,12H,1-6,17H2,(H,14,15)/i/hT. The number of ketones is 1. The summed E-state index contributed by atoms with van der Waals surface area (Å²) in [7, 11) is 2.47. The molecule has 1 fully saturated rings. The third-order valence-electron chi connectivity index (χ3n) is 2.59. The van der Waals surface area contributed by atoms with E-state index in [4.69, 9.17) is 11.3 Å². The summed E-state index contributed by atoms with van der Waals surface area (Å²) in [6, 6.07) is -0.0969. The number of rotatable bonds is 7. The summed E-state index contributed by atoms with van der Waals surface area (Å²) in [5.74, 6) is -1.01. The SMILES string of the molecule is [3H]N1CC([B]P)OC(CCC(=O)CCC(=O)O)C1. The molecular weight excluding hydrogens is 240 g/mol. The van der Waals surface area contributed by atoms with Crippen molar-refractivity contribution in [1.82, 2.24) is 5.31 Å². The van der Waals surface area contributed by atoms with Gasteiger partial charge in [-0.2, -0.15) is 9.12 Å². The number of carboxylic acid groups (broad SMARTS) is 1. The first-order chi connectivity index (χ1) is 8.51. The van der Waals surface area contributed by atoms with Gasteiger partial charge in [-0.1, -0.05) is 0 Å². The van der Waals surface area contributed by atoms with Gasteiger partial charge in [0.25, 0.3) is 0 Å². The second-order valence-corrected chi connectivity index (χ2v) is 4.43. The highest BCUT2D eigenvalue weighted by Crippen LogP contribution is 2.11. The summed E-state index contributed by atoms with van der Waals surface area (Å²) in [5.41, 5.74) is 0. The molecule has 0 amide bonds. The Morgan fingerprint density at radius 2 is 2.24 bits per heavy atom. The van der Waals surface area contributed by atoms with Gasteiger partial charge < -0.3 is 15.2 Å². The van der Waals surface area contributed by atoms with Gasteiger partial charge in [-0.05, 0) is 6.42 Å². The molecule has 0 spiro atoms. The average molecular weight is 260 g/mol. The summed E-state index contributed by atoms with van der Waals surface area (Å²) in [6.45, 7) is 2.84. The molecule has 7 heteroatoms. The highest BCUT2D eigenvalue weighted by Gasteiger charge is 2.21. The zero-order valence-corrected chi connectivity index (χ0v) is 10.8. The second-order valence-electron chi connectivity index (χ2n) is 4.05. The second kappa shape index (κ2) is 7.80. The van der Waals surface area contributed by atoms with E-state index in [9.17, 15) is 9.59 Å². The largest absolute Gasteiger partial charge is 0.481 e. The maximum Gasteiger partial charge on any atom is 0.303 e. The van der Waals surface area contributed by atoms with E-state index in [1.807, 2.05) is 7.00 Å². The van der Waals surface area contributed by atoms with Crippen LogP contribution in [-0.4, -0.2) is 49.1 Å². The van der Waals surface area contributed by atoms with Crippen molar-refractivity contribution in [1.29, 1.82) is 0 Å². The maximum atomic E-state index is 11.4. The molecule has 0 aromatic carbocycles. The molecule has 0 bridgehead atoms. The first-order valence-corrected chi connectivity index (χ1v) is 6.35. The molecule has 1 aliphatic heterocycles. The number of hydrogen-bond donors (Lipinski definition) is 2. The molecule has 5 nitrogen and oxygen atoms in total. The summed E-state index contributed by atoms with van der Waals surface area (Å²) < 4.78 is 13.3. The van der Waals surface area contributed by atoms with Crippen molar-refractivity contribution >= 4 is 27.9 Å². The van der Waals surface area contributed by atoms with Crippen molar-refractivity contribution in [3.8, 4) is 0 Å². The number of Topliss-reactive ketones (excluding diaryl/α,β-unsaturated/α-hetero) is 1. The van der Waals surface area contributed by atoms with Crippen molar-refractivity contribution in [2.75, 3.05) is 13.1 Å². The highest BCUT2D eigenvalue weighted by molar-refractivity contribution is 7.56. The molecule has 17 heavy (non-hydrogen) atoms. The fourth-order valence-electron chi connectivity index (χ4n) is 1.64. The smallest absolute Gasteiger partial charge is 0.303 e. The van der Waals surface area contributed by atoms with Crippen molar-refractivity contribution in [2.24, 2.45) is 0 Å². The fraction of sp³-hybridized carbons (Fsp3) is 0.800. The minimum Gasteiger partial charge on any atom is -0.481 e. The van der Waals surface area contributed by atoms with E-state index in [1.165, 1.54) is 5.31 Å².